The molecule has 1 rings (SSSR count). The minimum atomic E-state index is -0.519. The quantitative estimate of drug-likeness (QED) is 0.725. The summed E-state index contributed by atoms with van der Waals surface area (Å²) < 4.78 is 5.64. The van der Waals surface area contributed by atoms with E-state index in [-0.39, 0.29) is 0 Å². The lowest BCUT2D eigenvalue weighted by atomic mass is 9.96. The Morgan fingerprint density at radius 2 is 2.00 bits per heavy atom. The van der Waals surface area contributed by atoms with Crippen LogP contribution in [-0.4, -0.2) is 48.0 Å². The fourth-order valence-corrected chi connectivity index (χ4v) is 2.27. The van der Waals surface area contributed by atoms with Crippen LogP contribution in [0.3, 0.4) is 0 Å². The third-order valence-electron chi connectivity index (χ3n) is 3.77. The molecule has 3 nitrogen and oxygen atoms in total. The molecule has 0 saturated carbocycles. The molecule has 1 unspecified atom stereocenters. The number of hydrogen-bond donors (Lipinski definition) is 1. The summed E-state index contributed by atoms with van der Waals surface area (Å²) in [5, 5.41) is 10.3. The van der Waals surface area contributed by atoms with Gasteiger partial charge in [0.15, 0.2) is 0 Å². The van der Waals surface area contributed by atoms with Gasteiger partial charge in [-0.15, -0.1) is 0 Å². The molecule has 0 aromatic carbocycles. The van der Waals surface area contributed by atoms with Crippen molar-refractivity contribution in [3.8, 4) is 0 Å². The van der Waals surface area contributed by atoms with Gasteiger partial charge in [-0.1, -0.05) is 20.8 Å². The Kier molecular flexibility index (Phi) is 5.73. The van der Waals surface area contributed by atoms with Crippen LogP contribution >= 0.6 is 0 Å². The van der Waals surface area contributed by atoms with Gasteiger partial charge in [0.25, 0.3) is 0 Å². The molecule has 16 heavy (non-hydrogen) atoms. The fraction of sp³-hybridized carbons (Fsp3) is 1.00. The minimum Gasteiger partial charge on any atom is -0.389 e. The first-order valence-corrected chi connectivity index (χ1v) is 6.70. The highest BCUT2D eigenvalue weighted by Gasteiger charge is 2.27. The van der Waals surface area contributed by atoms with Crippen LogP contribution in [0.15, 0.2) is 0 Å². The average Bonchev–Trinajstić information content (AvgIpc) is 2.80. The maximum Gasteiger partial charge on any atom is 0.0768 e. The molecule has 1 fully saturated rings. The van der Waals surface area contributed by atoms with Crippen molar-refractivity contribution in [3.63, 3.8) is 0 Å². The Labute approximate surface area is 99.8 Å². The van der Waals surface area contributed by atoms with Gasteiger partial charge in [-0.2, -0.15) is 0 Å². The van der Waals surface area contributed by atoms with Crippen LogP contribution in [0.4, 0.5) is 0 Å². The molecule has 0 bridgehead atoms. The van der Waals surface area contributed by atoms with E-state index in [1.54, 1.807) is 0 Å². The van der Waals surface area contributed by atoms with Gasteiger partial charge in [0.1, 0.15) is 0 Å². The second-order valence-electron chi connectivity index (χ2n) is 4.89. The van der Waals surface area contributed by atoms with Gasteiger partial charge in [0, 0.05) is 19.7 Å². The van der Waals surface area contributed by atoms with Gasteiger partial charge in [-0.05, 0) is 32.2 Å². The van der Waals surface area contributed by atoms with Crippen molar-refractivity contribution in [2.45, 2.75) is 58.2 Å². The van der Waals surface area contributed by atoms with Crippen molar-refractivity contribution in [2.75, 3.05) is 26.2 Å². The largest absolute Gasteiger partial charge is 0.389 e. The van der Waals surface area contributed by atoms with Crippen molar-refractivity contribution in [3.05, 3.63) is 0 Å². The Morgan fingerprint density at radius 1 is 1.31 bits per heavy atom. The number of ether oxygens (including phenoxy) is 1. The normalized spacial score (nSPS) is 21.9. The topological polar surface area (TPSA) is 32.7 Å². The summed E-state index contributed by atoms with van der Waals surface area (Å²) in [4.78, 5) is 2.32. The summed E-state index contributed by atoms with van der Waals surface area (Å²) in [5.74, 6) is 0. The van der Waals surface area contributed by atoms with E-state index in [0.717, 1.165) is 39.1 Å². The zero-order chi connectivity index (χ0) is 12.0. The smallest absolute Gasteiger partial charge is 0.0768 e. The minimum absolute atomic E-state index is 0.387. The van der Waals surface area contributed by atoms with E-state index in [1.165, 1.54) is 12.8 Å². The monoisotopic (exact) mass is 229 g/mol. The third-order valence-corrected chi connectivity index (χ3v) is 3.77. The molecule has 3 heteroatoms. The number of likely N-dealkylation sites (N-methyl/N-ethyl adjacent to an activating group) is 1. The molecule has 1 atom stereocenters. The summed E-state index contributed by atoms with van der Waals surface area (Å²) >= 11 is 0. The van der Waals surface area contributed by atoms with Gasteiger partial charge in [-0.25, -0.2) is 0 Å². The highest BCUT2D eigenvalue weighted by molar-refractivity contribution is 4.81. The van der Waals surface area contributed by atoms with Crippen molar-refractivity contribution in [2.24, 2.45) is 0 Å². The van der Waals surface area contributed by atoms with E-state index in [0.29, 0.717) is 6.10 Å². The van der Waals surface area contributed by atoms with Crippen LogP contribution < -0.4 is 0 Å². The Balaban J connectivity index is 2.40. The number of hydrogen-bond acceptors (Lipinski definition) is 3. The second-order valence-corrected chi connectivity index (χ2v) is 4.89. The van der Waals surface area contributed by atoms with Crippen LogP contribution in [0.5, 0.6) is 0 Å². The average molecular weight is 229 g/mol. The first-order chi connectivity index (χ1) is 7.63. The molecule has 1 N–H and O–H groups in total. The van der Waals surface area contributed by atoms with Crippen molar-refractivity contribution < 1.29 is 9.84 Å². The summed E-state index contributed by atoms with van der Waals surface area (Å²) in [6.07, 6.45) is 4.40. The van der Waals surface area contributed by atoms with Crippen LogP contribution in [0.1, 0.15) is 46.5 Å². The van der Waals surface area contributed by atoms with Crippen LogP contribution in [0.2, 0.25) is 0 Å². The maximum atomic E-state index is 10.3. The molecule has 0 aromatic rings. The molecule has 1 aliphatic heterocycles. The number of aliphatic hydroxyl groups is 1. The first-order valence-electron chi connectivity index (χ1n) is 6.70. The molecule has 0 radical (unpaired) electrons. The number of rotatable bonds is 7. The van der Waals surface area contributed by atoms with E-state index >= 15 is 0 Å². The van der Waals surface area contributed by atoms with E-state index in [4.69, 9.17) is 4.74 Å². The highest BCUT2D eigenvalue weighted by atomic mass is 16.5. The first kappa shape index (κ1) is 13.9. The van der Waals surface area contributed by atoms with E-state index < -0.39 is 5.60 Å². The van der Waals surface area contributed by atoms with E-state index in [2.05, 4.69) is 25.7 Å². The van der Waals surface area contributed by atoms with E-state index in [9.17, 15) is 5.11 Å². The molecule has 1 saturated heterocycles. The summed E-state index contributed by atoms with van der Waals surface area (Å²) in [7, 11) is 0. The van der Waals surface area contributed by atoms with Crippen molar-refractivity contribution in [1.82, 2.24) is 4.90 Å². The Hall–Kier alpha value is -0.120. The Morgan fingerprint density at radius 3 is 2.44 bits per heavy atom. The van der Waals surface area contributed by atoms with Crippen LogP contribution in [-0.2, 0) is 4.74 Å². The lowest BCUT2D eigenvalue weighted by Gasteiger charge is -2.33. The molecule has 0 aliphatic carbocycles. The van der Waals surface area contributed by atoms with Gasteiger partial charge in [0.2, 0.25) is 0 Å². The molecule has 96 valence electrons. The third kappa shape index (κ3) is 4.04. The van der Waals surface area contributed by atoms with Gasteiger partial charge in [-0.3, -0.25) is 4.90 Å². The molecular weight excluding hydrogens is 202 g/mol. The standard InChI is InChI=1S/C13H27NO2/c1-4-13(15,5-2)11-14(6-3)10-12-8-7-9-16-12/h12,15H,4-11H2,1-3H3. The lowest BCUT2D eigenvalue weighted by Crippen LogP contribution is -2.44. The summed E-state index contributed by atoms with van der Waals surface area (Å²) in [5.41, 5.74) is -0.519. The highest BCUT2D eigenvalue weighted by Crippen LogP contribution is 2.19. The van der Waals surface area contributed by atoms with Gasteiger partial charge >= 0.3 is 0 Å². The molecule has 1 heterocycles. The van der Waals surface area contributed by atoms with Gasteiger partial charge in [0.05, 0.1) is 11.7 Å². The lowest BCUT2D eigenvalue weighted by molar-refractivity contribution is -0.0159. The Bertz CT molecular complexity index is 186. The molecule has 0 spiro atoms. The van der Waals surface area contributed by atoms with Crippen LogP contribution in [0, 0.1) is 0 Å². The zero-order valence-corrected chi connectivity index (χ0v) is 11.0. The maximum absolute atomic E-state index is 10.3. The zero-order valence-electron chi connectivity index (χ0n) is 11.0. The predicted octanol–water partition coefficient (Wildman–Crippen LogP) is 2.04. The molecule has 1 aliphatic rings. The fourth-order valence-electron chi connectivity index (χ4n) is 2.27. The van der Waals surface area contributed by atoms with Crippen molar-refractivity contribution >= 4 is 0 Å². The van der Waals surface area contributed by atoms with E-state index in [1.807, 2.05) is 0 Å². The van der Waals surface area contributed by atoms with Crippen LogP contribution in [0.25, 0.3) is 0 Å². The summed E-state index contributed by atoms with van der Waals surface area (Å²) in [6, 6.07) is 0. The predicted molar refractivity (Wildman–Crippen MR) is 66.6 cm³/mol. The summed E-state index contributed by atoms with van der Waals surface area (Å²) in [6.45, 7) is 9.92. The SMILES string of the molecule is CCN(CC1CCCO1)CC(O)(CC)CC. The molecule has 0 amide bonds. The number of nitrogens with zero attached hydrogens (tertiary/aromatic N) is 1. The van der Waals surface area contributed by atoms with Crippen molar-refractivity contribution in [1.29, 1.82) is 0 Å². The van der Waals surface area contributed by atoms with Gasteiger partial charge < -0.3 is 9.84 Å². The molecular formula is C13H27NO2. The second kappa shape index (κ2) is 6.58. The molecule has 0 aromatic heterocycles.